The van der Waals surface area contributed by atoms with Crippen LogP contribution < -0.4 is 5.32 Å². The SMILES string of the molecule is CC(CS(C)=O)NC(=O)C1CCCC(C(=O)O)C1. The third kappa shape index (κ3) is 4.76. The molecular weight excluding hydrogens is 254 g/mol. The lowest BCUT2D eigenvalue weighted by Crippen LogP contribution is -2.41. The molecule has 5 nitrogen and oxygen atoms in total. The van der Waals surface area contributed by atoms with Crippen LogP contribution in [0.5, 0.6) is 0 Å². The first kappa shape index (κ1) is 15.1. The fourth-order valence-electron chi connectivity index (χ4n) is 2.41. The molecule has 2 N–H and O–H groups in total. The Labute approximate surface area is 110 Å². The minimum atomic E-state index is -0.940. The molecule has 0 aromatic rings. The number of amides is 1. The van der Waals surface area contributed by atoms with Crippen molar-refractivity contribution in [2.75, 3.05) is 12.0 Å². The number of aliphatic carboxylic acids is 1. The predicted octanol–water partition coefficient (Wildman–Crippen LogP) is 0.761. The minimum absolute atomic E-state index is 0.0982. The van der Waals surface area contributed by atoms with Crippen LogP contribution in [0, 0.1) is 11.8 Å². The summed E-state index contributed by atoms with van der Waals surface area (Å²) < 4.78 is 11.0. The first-order valence-corrected chi connectivity index (χ1v) is 7.96. The average molecular weight is 275 g/mol. The van der Waals surface area contributed by atoms with Gasteiger partial charge in [-0.05, 0) is 26.2 Å². The summed E-state index contributed by atoms with van der Waals surface area (Å²) in [7, 11) is -0.940. The normalized spacial score (nSPS) is 27.2. The summed E-state index contributed by atoms with van der Waals surface area (Å²) in [6.07, 6.45) is 4.21. The van der Waals surface area contributed by atoms with Crippen molar-refractivity contribution in [3.63, 3.8) is 0 Å². The van der Waals surface area contributed by atoms with Crippen LogP contribution in [0.25, 0.3) is 0 Å². The summed E-state index contributed by atoms with van der Waals surface area (Å²) in [4.78, 5) is 22.9. The largest absolute Gasteiger partial charge is 0.481 e. The van der Waals surface area contributed by atoms with E-state index in [1.165, 1.54) is 0 Å². The molecule has 1 amide bonds. The first-order chi connectivity index (χ1) is 8.40. The van der Waals surface area contributed by atoms with Crippen LogP contribution in [0.15, 0.2) is 0 Å². The lowest BCUT2D eigenvalue weighted by atomic mass is 9.81. The van der Waals surface area contributed by atoms with E-state index in [1.807, 2.05) is 6.92 Å². The molecule has 1 saturated carbocycles. The zero-order valence-corrected chi connectivity index (χ0v) is 11.7. The van der Waals surface area contributed by atoms with Crippen molar-refractivity contribution >= 4 is 22.7 Å². The number of carboxylic acids is 1. The average Bonchev–Trinajstić information content (AvgIpc) is 2.27. The van der Waals surface area contributed by atoms with Crippen molar-refractivity contribution in [1.82, 2.24) is 5.32 Å². The van der Waals surface area contributed by atoms with E-state index in [-0.39, 0.29) is 17.9 Å². The van der Waals surface area contributed by atoms with Gasteiger partial charge in [-0.3, -0.25) is 13.8 Å². The second kappa shape index (κ2) is 6.87. The molecule has 0 aromatic heterocycles. The molecule has 0 bridgehead atoms. The fourth-order valence-corrected chi connectivity index (χ4v) is 3.19. The van der Waals surface area contributed by atoms with Crippen LogP contribution >= 0.6 is 0 Å². The zero-order valence-electron chi connectivity index (χ0n) is 10.8. The number of hydrogen-bond acceptors (Lipinski definition) is 3. The second-order valence-electron chi connectivity index (χ2n) is 5.05. The number of carboxylic acid groups (broad SMARTS) is 1. The van der Waals surface area contributed by atoms with Crippen LogP contribution in [-0.2, 0) is 20.4 Å². The first-order valence-electron chi connectivity index (χ1n) is 6.23. The summed E-state index contributed by atoms with van der Waals surface area (Å²) >= 11 is 0. The molecule has 1 rings (SSSR count). The zero-order chi connectivity index (χ0) is 13.7. The minimum Gasteiger partial charge on any atom is -0.481 e. The van der Waals surface area contributed by atoms with Crippen LogP contribution in [0.4, 0.5) is 0 Å². The third-order valence-corrected chi connectivity index (χ3v) is 4.24. The smallest absolute Gasteiger partial charge is 0.306 e. The number of carbonyl (C=O) groups is 2. The van der Waals surface area contributed by atoms with Gasteiger partial charge in [0.25, 0.3) is 0 Å². The summed E-state index contributed by atoms with van der Waals surface area (Å²) in [5.74, 6) is -1.09. The van der Waals surface area contributed by atoms with Crippen LogP contribution in [0.2, 0.25) is 0 Å². The van der Waals surface area contributed by atoms with Crippen molar-refractivity contribution in [1.29, 1.82) is 0 Å². The van der Waals surface area contributed by atoms with E-state index in [0.29, 0.717) is 18.6 Å². The second-order valence-corrected chi connectivity index (χ2v) is 6.53. The van der Waals surface area contributed by atoms with E-state index < -0.39 is 22.7 Å². The van der Waals surface area contributed by atoms with Crippen LogP contribution in [-0.4, -0.2) is 39.2 Å². The third-order valence-electron chi connectivity index (χ3n) is 3.27. The number of nitrogens with one attached hydrogen (secondary N) is 1. The van der Waals surface area contributed by atoms with Crippen molar-refractivity contribution in [2.24, 2.45) is 11.8 Å². The topological polar surface area (TPSA) is 83.5 Å². The summed E-state index contributed by atoms with van der Waals surface area (Å²) in [6, 6.07) is -0.131. The quantitative estimate of drug-likeness (QED) is 0.776. The molecular formula is C12H21NO4S. The Kier molecular flexibility index (Phi) is 5.78. The molecule has 6 heteroatoms. The van der Waals surface area contributed by atoms with Gasteiger partial charge in [0.1, 0.15) is 0 Å². The molecule has 1 aliphatic carbocycles. The summed E-state index contributed by atoms with van der Waals surface area (Å²) in [5.41, 5.74) is 0. The van der Waals surface area contributed by atoms with Gasteiger partial charge in [0.15, 0.2) is 0 Å². The molecule has 4 unspecified atom stereocenters. The van der Waals surface area contributed by atoms with E-state index >= 15 is 0 Å². The van der Waals surface area contributed by atoms with Crippen LogP contribution in [0.3, 0.4) is 0 Å². The molecule has 104 valence electrons. The molecule has 1 fully saturated rings. The maximum atomic E-state index is 12.0. The Bertz CT molecular complexity index is 345. The molecule has 4 atom stereocenters. The van der Waals surface area contributed by atoms with Gasteiger partial charge in [0.05, 0.1) is 5.92 Å². The highest BCUT2D eigenvalue weighted by Crippen LogP contribution is 2.29. The summed E-state index contributed by atoms with van der Waals surface area (Å²) in [5, 5.41) is 11.8. The maximum Gasteiger partial charge on any atom is 0.306 e. The number of rotatable bonds is 5. The molecule has 0 heterocycles. The van der Waals surface area contributed by atoms with E-state index in [2.05, 4.69) is 5.32 Å². The molecule has 1 aliphatic rings. The Morgan fingerprint density at radius 1 is 1.39 bits per heavy atom. The van der Waals surface area contributed by atoms with Gasteiger partial charge in [0, 0.05) is 34.8 Å². The van der Waals surface area contributed by atoms with Crippen molar-refractivity contribution in [2.45, 2.75) is 38.6 Å². The molecule has 0 saturated heterocycles. The Morgan fingerprint density at radius 2 is 2.00 bits per heavy atom. The van der Waals surface area contributed by atoms with E-state index in [0.717, 1.165) is 12.8 Å². The highest BCUT2D eigenvalue weighted by atomic mass is 32.2. The van der Waals surface area contributed by atoms with Crippen molar-refractivity contribution in [3.05, 3.63) is 0 Å². The standard InChI is InChI=1S/C12H21NO4S/c1-8(7-18(2)17)13-11(14)9-4-3-5-10(6-9)12(15)16/h8-10H,3-7H2,1-2H3,(H,13,14)(H,15,16). The predicted molar refractivity (Wildman–Crippen MR) is 69.6 cm³/mol. The Hall–Kier alpha value is -0.910. The number of hydrogen-bond donors (Lipinski definition) is 2. The van der Waals surface area contributed by atoms with Gasteiger partial charge < -0.3 is 10.4 Å². The summed E-state index contributed by atoms with van der Waals surface area (Å²) in [6.45, 7) is 1.82. The monoisotopic (exact) mass is 275 g/mol. The lowest BCUT2D eigenvalue weighted by molar-refractivity contribution is -0.144. The molecule has 0 aromatic carbocycles. The molecule has 0 aliphatic heterocycles. The van der Waals surface area contributed by atoms with E-state index in [9.17, 15) is 13.8 Å². The number of carbonyl (C=O) groups excluding carboxylic acids is 1. The van der Waals surface area contributed by atoms with Gasteiger partial charge in [-0.25, -0.2) is 0 Å². The van der Waals surface area contributed by atoms with E-state index in [4.69, 9.17) is 5.11 Å². The van der Waals surface area contributed by atoms with Gasteiger partial charge in [-0.2, -0.15) is 0 Å². The highest BCUT2D eigenvalue weighted by Gasteiger charge is 2.31. The van der Waals surface area contributed by atoms with Crippen molar-refractivity contribution < 1.29 is 18.9 Å². The van der Waals surface area contributed by atoms with Gasteiger partial charge in [-0.15, -0.1) is 0 Å². The molecule has 0 radical (unpaired) electrons. The Balaban J connectivity index is 2.46. The maximum absolute atomic E-state index is 12.0. The molecule has 0 spiro atoms. The van der Waals surface area contributed by atoms with Gasteiger partial charge in [-0.1, -0.05) is 6.42 Å². The highest BCUT2D eigenvalue weighted by molar-refractivity contribution is 7.84. The van der Waals surface area contributed by atoms with Crippen molar-refractivity contribution in [3.8, 4) is 0 Å². The van der Waals surface area contributed by atoms with Crippen LogP contribution in [0.1, 0.15) is 32.6 Å². The Morgan fingerprint density at radius 3 is 2.56 bits per heavy atom. The van der Waals surface area contributed by atoms with Gasteiger partial charge >= 0.3 is 5.97 Å². The fraction of sp³-hybridized carbons (Fsp3) is 0.833. The lowest BCUT2D eigenvalue weighted by Gasteiger charge is -2.26. The van der Waals surface area contributed by atoms with Gasteiger partial charge in [0.2, 0.25) is 5.91 Å². The van der Waals surface area contributed by atoms with E-state index in [1.54, 1.807) is 6.26 Å². The molecule has 18 heavy (non-hydrogen) atoms.